The number of hydrogen-bond donors (Lipinski definition) is 1. The van der Waals surface area contributed by atoms with E-state index >= 15 is 0 Å². The van der Waals surface area contributed by atoms with Gasteiger partial charge in [-0.25, -0.2) is 0 Å². The van der Waals surface area contributed by atoms with Crippen LogP contribution in [0.3, 0.4) is 0 Å². The van der Waals surface area contributed by atoms with Crippen LogP contribution in [-0.2, 0) is 11.3 Å². The molecule has 0 unspecified atom stereocenters. The first-order chi connectivity index (χ1) is 16.3. The summed E-state index contributed by atoms with van der Waals surface area (Å²) in [4.78, 5) is 38.4. The summed E-state index contributed by atoms with van der Waals surface area (Å²) in [5.74, 6) is -0.137. The molecule has 0 saturated carbocycles. The normalized spacial score (nSPS) is 12.9. The number of anilines is 1. The third kappa shape index (κ3) is 5.32. The highest BCUT2D eigenvalue weighted by atomic mass is 35.5. The second kappa shape index (κ2) is 10.4. The van der Waals surface area contributed by atoms with E-state index in [-0.39, 0.29) is 17.7 Å². The molecule has 4 rings (SSSR count). The molecule has 34 heavy (non-hydrogen) atoms. The molecule has 0 fully saturated rings. The van der Waals surface area contributed by atoms with Crippen molar-refractivity contribution < 1.29 is 14.4 Å². The van der Waals surface area contributed by atoms with E-state index in [0.29, 0.717) is 59.3 Å². The molecule has 0 saturated heterocycles. The summed E-state index contributed by atoms with van der Waals surface area (Å²) < 4.78 is 1.77. The Morgan fingerprint density at radius 3 is 2.35 bits per heavy atom. The van der Waals surface area contributed by atoms with Crippen LogP contribution in [0, 0.1) is 6.92 Å². The van der Waals surface area contributed by atoms with E-state index in [1.165, 1.54) is 4.90 Å². The van der Waals surface area contributed by atoms with Crippen molar-refractivity contribution in [2.45, 2.75) is 39.2 Å². The second-order valence-corrected chi connectivity index (χ2v) is 9.07. The predicted octanol–water partition coefficient (Wildman–Crippen LogP) is 5.34. The molecule has 2 heterocycles. The highest BCUT2D eigenvalue weighted by Gasteiger charge is 2.34. The lowest BCUT2D eigenvalue weighted by molar-refractivity contribution is -0.116. The summed E-state index contributed by atoms with van der Waals surface area (Å²) in [5, 5.41) is 8.42. The molecule has 9 heteroatoms. The van der Waals surface area contributed by atoms with E-state index in [0.717, 1.165) is 17.7 Å². The number of unbranched alkanes of at least 4 members (excludes halogenated alkanes) is 2. The fourth-order valence-corrected chi connectivity index (χ4v) is 4.39. The zero-order chi connectivity index (χ0) is 24.2. The number of carbonyl (C=O) groups is 3. The van der Waals surface area contributed by atoms with E-state index < -0.39 is 0 Å². The number of halogens is 2. The third-order valence-electron chi connectivity index (χ3n) is 5.75. The highest BCUT2D eigenvalue weighted by molar-refractivity contribution is 6.35. The van der Waals surface area contributed by atoms with Crippen molar-refractivity contribution in [3.05, 3.63) is 81.0 Å². The number of benzene rings is 2. The minimum Gasteiger partial charge on any atom is -0.309 e. The number of amides is 3. The molecule has 7 nitrogen and oxygen atoms in total. The van der Waals surface area contributed by atoms with Crippen LogP contribution in [0.4, 0.5) is 5.82 Å². The van der Waals surface area contributed by atoms with Crippen molar-refractivity contribution in [2.24, 2.45) is 0 Å². The van der Waals surface area contributed by atoms with E-state index in [9.17, 15) is 14.4 Å². The molecule has 1 N–H and O–H groups in total. The topological polar surface area (TPSA) is 84.3 Å². The Morgan fingerprint density at radius 1 is 0.971 bits per heavy atom. The minimum absolute atomic E-state index is 0.130. The van der Waals surface area contributed by atoms with Gasteiger partial charge in [0, 0.05) is 34.8 Å². The van der Waals surface area contributed by atoms with E-state index in [2.05, 4.69) is 10.4 Å². The Morgan fingerprint density at radius 2 is 1.68 bits per heavy atom. The quantitative estimate of drug-likeness (QED) is 0.318. The lowest BCUT2D eigenvalue weighted by Gasteiger charge is -2.13. The van der Waals surface area contributed by atoms with Crippen molar-refractivity contribution in [3.63, 3.8) is 0 Å². The summed E-state index contributed by atoms with van der Waals surface area (Å²) in [5.41, 5.74) is 2.69. The Balaban J connectivity index is 1.21. The van der Waals surface area contributed by atoms with Crippen LogP contribution in [0.1, 0.15) is 57.7 Å². The minimum atomic E-state index is -0.246. The van der Waals surface area contributed by atoms with Gasteiger partial charge in [0.2, 0.25) is 5.91 Å². The molecular formula is C25H24Cl2N4O3. The zero-order valence-electron chi connectivity index (χ0n) is 18.7. The molecule has 0 spiro atoms. The lowest BCUT2D eigenvalue weighted by Crippen LogP contribution is -2.30. The number of carbonyl (C=O) groups excluding carboxylic acids is 3. The van der Waals surface area contributed by atoms with Crippen LogP contribution in [0.2, 0.25) is 10.0 Å². The number of aryl methyl sites for hydroxylation is 1. The van der Waals surface area contributed by atoms with Gasteiger partial charge < -0.3 is 5.32 Å². The molecule has 3 amide bonds. The molecule has 3 aromatic rings. The van der Waals surface area contributed by atoms with Gasteiger partial charge in [-0.3, -0.25) is 24.0 Å². The molecule has 0 aliphatic carbocycles. The maximum absolute atomic E-state index is 12.4. The molecular weight excluding hydrogens is 475 g/mol. The van der Waals surface area contributed by atoms with E-state index in [4.69, 9.17) is 23.2 Å². The fourth-order valence-electron chi connectivity index (χ4n) is 3.92. The molecule has 1 aliphatic rings. The average molecular weight is 499 g/mol. The molecule has 0 radical (unpaired) electrons. The SMILES string of the molecule is Cc1cc(NC(=O)CCCCCN2C(=O)c3ccccc3C2=O)nn1Cc1ccc(Cl)cc1Cl. The van der Waals surface area contributed by atoms with Crippen LogP contribution in [-0.4, -0.2) is 38.9 Å². The van der Waals surface area contributed by atoms with Gasteiger partial charge in [-0.2, -0.15) is 5.10 Å². The Hall–Kier alpha value is -3.16. The van der Waals surface area contributed by atoms with Gasteiger partial charge in [-0.15, -0.1) is 0 Å². The van der Waals surface area contributed by atoms with Gasteiger partial charge in [0.05, 0.1) is 17.7 Å². The van der Waals surface area contributed by atoms with E-state index in [1.54, 1.807) is 41.1 Å². The van der Waals surface area contributed by atoms with Gasteiger partial charge in [0.25, 0.3) is 11.8 Å². The number of nitrogens with zero attached hydrogens (tertiary/aromatic N) is 3. The maximum Gasteiger partial charge on any atom is 0.261 e. The first-order valence-electron chi connectivity index (χ1n) is 11.1. The van der Waals surface area contributed by atoms with Gasteiger partial charge in [0.1, 0.15) is 0 Å². The third-order valence-corrected chi connectivity index (χ3v) is 6.33. The summed E-state index contributed by atoms with van der Waals surface area (Å²) in [6.07, 6.45) is 2.35. The summed E-state index contributed by atoms with van der Waals surface area (Å²) in [6.45, 7) is 2.73. The van der Waals surface area contributed by atoms with Crippen LogP contribution in [0.5, 0.6) is 0 Å². The van der Waals surface area contributed by atoms with Gasteiger partial charge >= 0.3 is 0 Å². The van der Waals surface area contributed by atoms with Gasteiger partial charge in [-0.1, -0.05) is 47.8 Å². The monoisotopic (exact) mass is 498 g/mol. The molecule has 0 atom stereocenters. The summed E-state index contributed by atoms with van der Waals surface area (Å²) >= 11 is 12.2. The number of imide groups is 1. The number of nitrogens with one attached hydrogen (secondary N) is 1. The predicted molar refractivity (Wildman–Crippen MR) is 131 cm³/mol. The molecule has 1 aliphatic heterocycles. The standard InChI is InChI=1S/C25H24Cl2N4O3/c1-16-13-22(29-31(16)15-17-10-11-18(26)14-21(17)27)28-23(32)9-3-2-6-12-30-24(33)19-7-4-5-8-20(19)25(30)34/h4-5,7-8,10-11,13-14H,2-3,6,9,12,15H2,1H3,(H,28,29,32). The molecule has 1 aromatic heterocycles. The van der Waals surface area contributed by atoms with Crippen molar-refractivity contribution in [3.8, 4) is 0 Å². The van der Waals surface area contributed by atoms with Gasteiger partial charge in [0.15, 0.2) is 5.82 Å². The highest BCUT2D eigenvalue weighted by Crippen LogP contribution is 2.24. The first kappa shape index (κ1) is 24.0. The van der Waals surface area contributed by atoms with Crippen LogP contribution >= 0.6 is 23.2 Å². The Bertz CT molecular complexity index is 1220. The van der Waals surface area contributed by atoms with Crippen LogP contribution in [0.15, 0.2) is 48.5 Å². The van der Waals surface area contributed by atoms with Crippen molar-refractivity contribution in [1.82, 2.24) is 14.7 Å². The van der Waals surface area contributed by atoms with Crippen molar-refractivity contribution >= 4 is 46.7 Å². The number of aromatic nitrogens is 2. The molecule has 2 aromatic carbocycles. The van der Waals surface area contributed by atoms with Crippen LogP contribution in [0.25, 0.3) is 0 Å². The Labute approximate surface area is 207 Å². The summed E-state index contributed by atoms with van der Waals surface area (Å²) in [7, 11) is 0. The van der Waals surface area contributed by atoms with E-state index in [1.807, 2.05) is 19.1 Å². The average Bonchev–Trinajstić information content (AvgIpc) is 3.26. The number of fused-ring (bicyclic) bond motifs is 1. The van der Waals surface area contributed by atoms with Gasteiger partial charge in [-0.05, 0) is 49.6 Å². The zero-order valence-corrected chi connectivity index (χ0v) is 20.2. The fraction of sp³-hybridized carbons (Fsp3) is 0.280. The van der Waals surface area contributed by atoms with Crippen molar-refractivity contribution in [1.29, 1.82) is 0 Å². The maximum atomic E-state index is 12.4. The lowest BCUT2D eigenvalue weighted by atomic mass is 10.1. The first-order valence-corrected chi connectivity index (χ1v) is 11.8. The molecule has 0 bridgehead atoms. The number of rotatable bonds is 9. The van der Waals surface area contributed by atoms with Crippen molar-refractivity contribution in [2.75, 3.05) is 11.9 Å². The number of hydrogen-bond acceptors (Lipinski definition) is 4. The Kier molecular flexibility index (Phi) is 7.34. The van der Waals surface area contributed by atoms with Crippen LogP contribution < -0.4 is 5.32 Å². The second-order valence-electron chi connectivity index (χ2n) is 8.23. The summed E-state index contributed by atoms with van der Waals surface area (Å²) in [6, 6.07) is 14.0. The largest absolute Gasteiger partial charge is 0.309 e. The smallest absolute Gasteiger partial charge is 0.261 e. The molecule has 176 valence electrons.